The molecule has 27 heavy (non-hydrogen) atoms. The summed E-state index contributed by atoms with van der Waals surface area (Å²) < 4.78 is 6.75. The normalized spacial score (nSPS) is 10.8. The number of nitrogens with two attached hydrogens (primary N) is 1. The van der Waals surface area contributed by atoms with E-state index in [1.165, 1.54) is 11.3 Å². The lowest BCUT2D eigenvalue weighted by Gasteiger charge is -2.04. The molecule has 2 aromatic heterocycles. The molecule has 0 aliphatic heterocycles. The highest BCUT2D eigenvalue weighted by Crippen LogP contribution is 2.31. The molecule has 0 bridgehead atoms. The van der Waals surface area contributed by atoms with Crippen molar-refractivity contribution in [3.63, 3.8) is 0 Å². The van der Waals surface area contributed by atoms with Crippen LogP contribution in [-0.4, -0.2) is 16.8 Å². The van der Waals surface area contributed by atoms with Crippen LogP contribution in [0.2, 0.25) is 0 Å². The van der Waals surface area contributed by atoms with Crippen LogP contribution in [0.3, 0.4) is 0 Å². The number of aromatic nitrogens is 1. The number of rotatable bonds is 5. The van der Waals surface area contributed by atoms with Gasteiger partial charge >= 0.3 is 0 Å². The Bertz CT molecular complexity index is 1100. The number of hydrogen-bond acceptors (Lipinski definition) is 5. The first-order valence-corrected chi connectivity index (χ1v) is 9.04. The van der Waals surface area contributed by atoms with Gasteiger partial charge in [0.25, 0.3) is 5.91 Å². The van der Waals surface area contributed by atoms with Gasteiger partial charge in [-0.25, -0.2) is 4.98 Å². The third-order valence-electron chi connectivity index (χ3n) is 3.92. The highest BCUT2D eigenvalue weighted by atomic mass is 32.1. The smallest absolute Gasteiger partial charge is 0.291 e. The molecule has 0 fully saturated rings. The predicted octanol–water partition coefficient (Wildman–Crippen LogP) is 3.84. The number of furan rings is 1. The van der Waals surface area contributed by atoms with Crippen molar-refractivity contribution in [3.05, 3.63) is 72.0 Å². The minimum atomic E-state index is -0.398. The van der Waals surface area contributed by atoms with Crippen molar-refractivity contribution in [2.75, 3.05) is 5.32 Å². The number of amides is 2. The molecular formula is C20H15N3O3S. The standard InChI is InChI=1S/C20H15N3O3S/c21-18(24)11-12-5-7-13(8-6-12)22-19(25)15-9-10-16(26-15)20-23-14-3-1-2-4-17(14)27-20/h1-10H,11H2,(H2,21,24)(H,22,25). The highest BCUT2D eigenvalue weighted by Gasteiger charge is 2.15. The number of para-hydroxylation sites is 1. The summed E-state index contributed by atoms with van der Waals surface area (Å²) in [5.41, 5.74) is 7.46. The molecule has 0 saturated carbocycles. The molecule has 0 aliphatic rings. The van der Waals surface area contributed by atoms with Gasteiger partial charge in [-0.1, -0.05) is 24.3 Å². The van der Waals surface area contributed by atoms with Crippen molar-refractivity contribution < 1.29 is 14.0 Å². The number of primary amides is 1. The topological polar surface area (TPSA) is 98.2 Å². The summed E-state index contributed by atoms with van der Waals surface area (Å²) >= 11 is 1.51. The number of anilines is 1. The first kappa shape index (κ1) is 17.0. The van der Waals surface area contributed by atoms with Gasteiger partial charge in [0.15, 0.2) is 16.5 Å². The van der Waals surface area contributed by atoms with Crippen LogP contribution in [0.1, 0.15) is 16.1 Å². The fourth-order valence-electron chi connectivity index (χ4n) is 2.65. The molecule has 0 spiro atoms. The molecule has 4 aromatic rings. The van der Waals surface area contributed by atoms with Gasteiger partial charge in [0.05, 0.1) is 16.6 Å². The predicted molar refractivity (Wildman–Crippen MR) is 105 cm³/mol. The second-order valence-electron chi connectivity index (χ2n) is 5.94. The monoisotopic (exact) mass is 377 g/mol. The van der Waals surface area contributed by atoms with E-state index in [9.17, 15) is 9.59 Å². The maximum atomic E-state index is 12.4. The summed E-state index contributed by atoms with van der Waals surface area (Å²) in [6.07, 6.45) is 0.165. The molecule has 2 amide bonds. The average molecular weight is 377 g/mol. The maximum Gasteiger partial charge on any atom is 0.291 e. The van der Waals surface area contributed by atoms with E-state index in [4.69, 9.17) is 10.2 Å². The summed E-state index contributed by atoms with van der Waals surface area (Å²) in [5.74, 6) is -0.00150. The van der Waals surface area contributed by atoms with Gasteiger partial charge in [-0.2, -0.15) is 0 Å². The summed E-state index contributed by atoms with van der Waals surface area (Å²) in [4.78, 5) is 27.9. The Morgan fingerprint density at radius 3 is 2.56 bits per heavy atom. The first-order chi connectivity index (χ1) is 13.1. The fourth-order valence-corrected chi connectivity index (χ4v) is 3.58. The van der Waals surface area contributed by atoms with Crippen LogP contribution in [-0.2, 0) is 11.2 Å². The lowest BCUT2D eigenvalue weighted by molar-refractivity contribution is -0.117. The number of thiazole rings is 1. The van der Waals surface area contributed by atoms with Gasteiger partial charge in [0.2, 0.25) is 5.91 Å². The lowest BCUT2D eigenvalue weighted by Crippen LogP contribution is -2.14. The van der Waals surface area contributed by atoms with E-state index in [0.717, 1.165) is 20.8 Å². The number of carbonyl (C=O) groups is 2. The molecule has 0 radical (unpaired) electrons. The summed E-state index contributed by atoms with van der Waals surface area (Å²) in [7, 11) is 0. The molecule has 2 heterocycles. The van der Waals surface area contributed by atoms with E-state index in [1.54, 1.807) is 36.4 Å². The molecule has 7 heteroatoms. The molecule has 0 aliphatic carbocycles. The van der Waals surface area contributed by atoms with Crippen LogP contribution in [0.15, 0.2) is 65.1 Å². The molecule has 6 nitrogen and oxygen atoms in total. The fraction of sp³-hybridized carbons (Fsp3) is 0.0500. The summed E-state index contributed by atoms with van der Waals surface area (Å²) in [6.45, 7) is 0. The van der Waals surface area contributed by atoms with Gasteiger partial charge in [-0.3, -0.25) is 9.59 Å². The number of fused-ring (bicyclic) bond motifs is 1. The minimum absolute atomic E-state index is 0.165. The van der Waals surface area contributed by atoms with Crippen molar-refractivity contribution in [2.45, 2.75) is 6.42 Å². The van der Waals surface area contributed by atoms with Crippen molar-refractivity contribution >= 4 is 39.1 Å². The van der Waals surface area contributed by atoms with Gasteiger partial charge in [0.1, 0.15) is 0 Å². The average Bonchev–Trinajstić information content (AvgIpc) is 3.29. The van der Waals surface area contributed by atoms with E-state index < -0.39 is 5.91 Å². The first-order valence-electron chi connectivity index (χ1n) is 8.23. The van der Waals surface area contributed by atoms with Crippen LogP contribution in [0.4, 0.5) is 5.69 Å². The van der Waals surface area contributed by atoms with Gasteiger partial charge in [-0.15, -0.1) is 11.3 Å². The molecule has 0 saturated heterocycles. The number of hydrogen-bond donors (Lipinski definition) is 2. The number of nitrogens with one attached hydrogen (secondary N) is 1. The number of benzene rings is 2. The van der Waals surface area contributed by atoms with E-state index in [-0.39, 0.29) is 18.1 Å². The van der Waals surface area contributed by atoms with Crippen LogP contribution < -0.4 is 11.1 Å². The van der Waals surface area contributed by atoms with Crippen molar-refractivity contribution in [3.8, 4) is 10.8 Å². The van der Waals surface area contributed by atoms with Crippen LogP contribution >= 0.6 is 11.3 Å². The Hall–Kier alpha value is -3.45. The Morgan fingerprint density at radius 2 is 1.81 bits per heavy atom. The number of carbonyl (C=O) groups excluding carboxylic acids is 2. The van der Waals surface area contributed by atoms with Crippen molar-refractivity contribution in [1.29, 1.82) is 0 Å². The summed E-state index contributed by atoms with van der Waals surface area (Å²) in [6, 6.07) is 18.1. The molecule has 0 atom stereocenters. The number of nitrogens with zero attached hydrogens (tertiary/aromatic N) is 1. The molecular weight excluding hydrogens is 362 g/mol. The Morgan fingerprint density at radius 1 is 1.04 bits per heavy atom. The van der Waals surface area contributed by atoms with E-state index in [1.807, 2.05) is 24.3 Å². The molecule has 4 rings (SSSR count). The summed E-state index contributed by atoms with van der Waals surface area (Å²) in [5, 5.41) is 3.49. The van der Waals surface area contributed by atoms with Gasteiger partial charge in [0, 0.05) is 5.69 Å². The Labute approximate surface area is 158 Å². The molecule has 134 valence electrons. The van der Waals surface area contributed by atoms with E-state index in [2.05, 4.69) is 10.3 Å². The second kappa shape index (κ2) is 7.05. The minimum Gasteiger partial charge on any atom is -0.448 e. The second-order valence-corrected chi connectivity index (χ2v) is 6.98. The molecule has 2 aromatic carbocycles. The van der Waals surface area contributed by atoms with Crippen LogP contribution in [0.5, 0.6) is 0 Å². The molecule has 3 N–H and O–H groups in total. The third kappa shape index (κ3) is 3.73. The third-order valence-corrected chi connectivity index (χ3v) is 4.98. The Kier molecular flexibility index (Phi) is 4.43. The van der Waals surface area contributed by atoms with Gasteiger partial charge < -0.3 is 15.5 Å². The molecule has 0 unspecified atom stereocenters. The van der Waals surface area contributed by atoms with Crippen molar-refractivity contribution in [2.24, 2.45) is 5.73 Å². The lowest BCUT2D eigenvalue weighted by atomic mass is 10.1. The quantitative estimate of drug-likeness (QED) is 0.552. The van der Waals surface area contributed by atoms with E-state index in [0.29, 0.717) is 11.4 Å². The zero-order valence-corrected chi connectivity index (χ0v) is 15.0. The SMILES string of the molecule is NC(=O)Cc1ccc(NC(=O)c2ccc(-c3nc4ccccc4s3)o2)cc1. The highest BCUT2D eigenvalue weighted by molar-refractivity contribution is 7.21. The zero-order valence-electron chi connectivity index (χ0n) is 14.1. The van der Waals surface area contributed by atoms with Crippen LogP contribution in [0.25, 0.3) is 21.0 Å². The van der Waals surface area contributed by atoms with Crippen molar-refractivity contribution in [1.82, 2.24) is 4.98 Å². The Balaban J connectivity index is 1.49. The largest absolute Gasteiger partial charge is 0.448 e. The maximum absolute atomic E-state index is 12.4. The van der Waals surface area contributed by atoms with Gasteiger partial charge in [-0.05, 0) is 42.0 Å². The van der Waals surface area contributed by atoms with E-state index >= 15 is 0 Å². The zero-order chi connectivity index (χ0) is 18.8. The van der Waals surface area contributed by atoms with Crippen LogP contribution in [0, 0.1) is 0 Å².